The smallest absolute Gasteiger partial charge is 0.382 e. The molecule has 0 aromatic carbocycles. The van der Waals surface area contributed by atoms with E-state index in [0.29, 0.717) is 6.42 Å². The van der Waals surface area contributed by atoms with Crippen molar-refractivity contribution in [2.45, 2.75) is 110 Å². The molecule has 0 spiro atoms. The van der Waals surface area contributed by atoms with Gasteiger partial charge in [0.2, 0.25) is 5.78 Å². The van der Waals surface area contributed by atoms with Gasteiger partial charge in [-0.2, -0.15) is 0 Å². The number of Topliss-reactive ketones (excluding diaryl/α,β-unsaturated/α-hetero) is 2. The average molecular weight is 355 g/mol. The molecule has 0 heterocycles. The molecule has 0 unspecified atom stereocenters. The van der Waals surface area contributed by atoms with Crippen molar-refractivity contribution in [3.63, 3.8) is 0 Å². The minimum Gasteiger partial charge on any atom is -0.463 e. The van der Waals surface area contributed by atoms with Crippen LogP contribution in [0.3, 0.4) is 0 Å². The third-order valence-corrected chi connectivity index (χ3v) is 4.63. The molecule has 0 saturated heterocycles. The summed E-state index contributed by atoms with van der Waals surface area (Å²) in [6.45, 7) is 2.26. The Kier molecular flexibility index (Phi) is 16.8. The molecule has 0 rings (SSSR count). The average Bonchev–Trinajstić information content (AvgIpc) is 2.63. The molecule has 0 aliphatic heterocycles. The number of carbonyl (C=O) groups excluding carboxylic acids is 3. The molecule has 4 nitrogen and oxygen atoms in total. The van der Waals surface area contributed by atoms with Gasteiger partial charge < -0.3 is 4.74 Å². The summed E-state index contributed by atoms with van der Waals surface area (Å²) in [7, 11) is 1.11. The van der Waals surface area contributed by atoms with Gasteiger partial charge in [-0.15, -0.1) is 0 Å². The molecule has 0 aromatic rings. The molecule has 146 valence electrons. The van der Waals surface area contributed by atoms with Crippen LogP contribution in [-0.4, -0.2) is 24.6 Å². The number of ketones is 2. The van der Waals surface area contributed by atoms with Crippen molar-refractivity contribution in [1.29, 1.82) is 0 Å². The van der Waals surface area contributed by atoms with Crippen LogP contribution < -0.4 is 0 Å². The Morgan fingerprint density at radius 1 is 0.600 bits per heavy atom. The molecule has 0 bridgehead atoms. The van der Waals surface area contributed by atoms with Crippen molar-refractivity contribution >= 4 is 17.5 Å². The van der Waals surface area contributed by atoms with Crippen LogP contribution in [0.4, 0.5) is 0 Å². The first-order valence-electron chi connectivity index (χ1n) is 10.3. The molecule has 0 aliphatic carbocycles. The summed E-state index contributed by atoms with van der Waals surface area (Å²) in [6.07, 6.45) is 19.0. The molecule has 0 atom stereocenters. The van der Waals surface area contributed by atoms with Gasteiger partial charge in [-0.05, 0) is 6.42 Å². The van der Waals surface area contributed by atoms with Crippen molar-refractivity contribution < 1.29 is 19.1 Å². The highest BCUT2D eigenvalue weighted by atomic mass is 16.5. The van der Waals surface area contributed by atoms with E-state index in [1.54, 1.807) is 0 Å². The Hall–Kier alpha value is -1.19. The maximum Gasteiger partial charge on any atom is 0.382 e. The number of carbonyl (C=O) groups is 3. The lowest BCUT2D eigenvalue weighted by Gasteiger charge is -2.03. The fourth-order valence-corrected chi connectivity index (χ4v) is 2.98. The molecule has 0 N–H and O–H groups in total. The molecule has 0 fully saturated rings. The first-order chi connectivity index (χ1) is 12.1. The first-order valence-corrected chi connectivity index (χ1v) is 10.3. The highest BCUT2D eigenvalue weighted by Crippen LogP contribution is 2.13. The second kappa shape index (κ2) is 17.6. The quantitative estimate of drug-likeness (QED) is 0.140. The van der Waals surface area contributed by atoms with Crippen molar-refractivity contribution in [1.82, 2.24) is 0 Å². The van der Waals surface area contributed by atoms with Gasteiger partial charge in [-0.3, -0.25) is 9.59 Å². The van der Waals surface area contributed by atoms with Gasteiger partial charge in [0.25, 0.3) is 0 Å². The van der Waals surface area contributed by atoms with Crippen LogP contribution in [0.25, 0.3) is 0 Å². The SMILES string of the molecule is CCCCCCCCCCCCCCCCCC(=O)C(=O)C(=O)OC. The van der Waals surface area contributed by atoms with E-state index in [1.807, 2.05) is 0 Å². The van der Waals surface area contributed by atoms with Gasteiger partial charge >= 0.3 is 11.8 Å². The molecule has 0 amide bonds. The first kappa shape index (κ1) is 23.8. The second-order valence-electron chi connectivity index (χ2n) is 6.94. The molecular weight excluding hydrogens is 316 g/mol. The van der Waals surface area contributed by atoms with Crippen molar-refractivity contribution in [2.24, 2.45) is 0 Å². The van der Waals surface area contributed by atoms with E-state index < -0.39 is 17.5 Å². The molecule has 25 heavy (non-hydrogen) atoms. The molecular formula is C21H38O4. The van der Waals surface area contributed by atoms with Crippen molar-refractivity contribution in [3.8, 4) is 0 Å². The van der Waals surface area contributed by atoms with Gasteiger partial charge in [0.15, 0.2) is 0 Å². The van der Waals surface area contributed by atoms with Crippen molar-refractivity contribution in [2.75, 3.05) is 7.11 Å². The predicted molar refractivity (Wildman–Crippen MR) is 102 cm³/mol. The molecule has 0 aromatic heterocycles. The minimum atomic E-state index is -1.05. The number of hydrogen-bond acceptors (Lipinski definition) is 4. The number of methoxy groups -OCH3 is 1. The minimum absolute atomic E-state index is 0.159. The van der Waals surface area contributed by atoms with Crippen LogP contribution in [-0.2, 0) is 19.1 Å². The number of unbranched alkanes of at least 4 members (excludes halogenated alkanes) is 14. The van der Waals surface area contributed by atoms with E-state index in [-0.39, 0.29) is 6.42 Å². The number of rotatable bonds is 18. The summed E-state index contributed by atoms with van der Waals surface area (Å²) in [6, 6.07) is 0. The van der Waals surface area contributed by atoms with E-state index in [9.17, 15) is 14.4 Å². The second-order valence-corrected chi connectivity index (χ2v) is 6.94. The normalized spacial score (nSPS) is 10.6. The van der Waals surface area contributed by atoms with Crippen LogP contribution >= 0.6 is 0 Å². The summed E-state index contributed by atoms with van der Waals surface area (Å²) in [5.74, 6) is -2.69. The molecule has 0 saturated carbocycles. The lowest BCUT2D eigenvalue weighted by atomic mass is 10.0. The van der Waals surface area contributed by atoms with E-state index >= 15 is 0 Å². The van der Waals surface area contributed by atoms with Crippen LogP contribution in [0, 0.1) is 0 Å². The summed E-state index contributed by atoms with van der Waals surface area (Å²) >= 11 is 0. The fourth-order valence-electron chi connectivity index (χ4n) is 2.98. The van der Waals surface area contributed by atoms with Crippen LogP contribution in [0.2, 0.25) is 0 Å². The van der Waals surface area contributed by atoms with Gasteiger partial charge in [-0.1, -0.05) is 96.8 Å². The van der Waals surface area contributed by atoms with Crippen LogP contribution in [0.15, 0.2) is 0 Å². The summed E-state index contributed by atoms with van der Waals surface area (Å²) in [5.41, 5.74) is 0. The fraction of sp³-hybridized carbons (Fsp3) is 0.857. The van der Waals surface area contributed by atoms with Gasteiger partial charge in [0.1, 0.15) is 0 Å². The summed E-state index contributed by atoms with van der Waals surface area (Å²) in [5, 5.41) is 0. The third-order valence-electron chi connectivity index (χ3n) is 4.63. The zero-order chi connectivity index (χ0) is 18.8. The Morgan fingerprint density at radius 2 is 0.960 bits per heavy atom. The predicted octanol–water partition coefficient (Wildman–Crippen LogP) is 5.56. The van der Waals surface area contributed by atoms with Crippen LogP contribution in [0.1, 0.15) is 110 Å². The van der Waals surface area contributed by atoms with E-state index in [2.05, 4.69) is 11.7 Å². The zero-order valence-electron chi connectivity index (χ0n) is 16.4. The Morgan fingerprint density at radius 3 is 1.32 bits per heavy atom. The zero-order valence-corrected chi connectivity index (χ0v) is 16.4. The largest absolute Gasteiger partial charge is 0.463 e. The summed E-state index contributed by atoms with van der Waals surface area (Å²) in [4.78, 5) is 33.6. The van der Waals surface area contributed by atoms with Gasteiger partial charge in [0, 0.05) is 6.42 Å². The van der Waals surface area contributed by atoms with E-state index in [4.69, 9.17) is 0 Å². The number of esters is 1. The molecule has 0 radical (unpaired) electrons. The lowest BCUT2D eigenvalue weighted by Crippen LogP contribution is -2.24. The highest BCUT2D eigenvalue weighted by molar-refractivity contribution is 6.62. The Labute approximate surface area is 154 Å². The Balaban J connectivity index is 3.25. The standard InChI is InChI=1S/C21H38O4/c1-3-4-5-6-7-8-9-10-11-12-13-14-15-16-17-18-19(22)20(23)21(24)25-2/h3-18H2,1-2H3. The monoisotopic (exact) mass is 354 g/mol. The third kappa shape index (κ3) is 14.8. The van der Waals surface area contributed by atoms with Gasteiger partial charge in [-0.25, -0.2) is 4.79 Å². The maximum absolute atomic E-state index is 11.4. The van der Waals surface area contributed by atoms with Crippen LogP contribution in [0.5, 0.6) is 0 Å². The van der Waals surface area contributed by atoms with Crippen molar-refractivity contribution in [3.05, 3.63) is 0 Å². The number of ether oxygens (including phenoxy) is 1. The number of hydrogen-bond donors (Lipinski definition) is 0. The van der Waals surface area contributed by atoms with Gasteiger partial charge in [0.05, 0.1) is 7.11 Å². The van der Waals surface area contributed by atoms with E-state index in [1.165, 1.54) is 77.0 Å². The lowest BCUT2D eigenvalue weighted by molar-refractivity contribution is -0.155. The Bertz CT molecular complexity index is 363. The summed E-state index contributed by atoms with van der Waals surface area (Å²) < 4.78 is 4.25. The molecule has 0 aliphatic rings. The maximum atomic E-state index is 11.4. The highest BCUT2D eigenvalue weighted by Gasteiger charge is 2.22. The molecule has 4 heteroatoms. The topological polar surface area (TPSA) is 60.4 Å². The van der Waals surface area contributed by atoms with E-state index in [0.717, 1.165) is 20.0 Å².